The monoisotopic (exact) mass is 464 g/mol. The maximum atomic E-state index is 12.9. The molecule has 2 aromatic heterocycles. The Kier molecular flexibility index (Phi) is 6.92. The van der Waals surface area contributed by atoms with E-state index < -0.39 is 0 Å². The summed E-state index contributed by atoms with van der Waals surface area (Å²) in [4.78, 5) is 30.5. The van der Waals surface area contributed by atoms with Gasteiger partial charge in [0, 0.05) is 17.0 Å². The van der Waals surface area contributed by atoms with Crippen LogP contribution < -0.4 is 16.7 Å². The fourth-order valence-electron chi connectivity index (χ4n) is 3.46. The number of nitrogen functional groups attached to an aromatic ring is 1. The number of fused-ring (bicyclic) bond motifs is 1. The molecule has 0 aliphatic heterocycles. The zero-order valence-electron chi connectivity index (χ0n) is 17.7. The van der Waals surface area contributed by atoms with E-state index in [2.05, 4.69) is 22.4 Å². The van der Waals surface area contributed by atoms with Crippen molar-refractivity contribution in [1.82, 2.24) is 15.0 Å². The Morgan fingerprint density at radius 2 is 1.84 bits per heavy atom. The summed E-state index contributed by atoms with van der Waals surface area (Å²) >= 11 is 2.57. The predicted octanol–water partition coefficient (Wildman–Crippen LogP) is 4.07. The molecule has 0 spiro atoms. The lowest BCUT2D eigenvalue weighted by Gasteiger charge is -2.14. The van der Waals surface area contributed by atoms with Crippen LogP contribution in [0.3, 0.4) is 0 Å². The minimum atomic E-state index is -0.311. The van der Waals surface area contributed by atoms with Gasteiger partial charge in [-0.25, -0.2) is 9.66 Å². The van der Waals surface area contributed by atoms with Crippen LogP contribution in [0.1, 0.15) is 18.9 Å². The number of hydrogen-bond donors (Lipinski definition) is 2. The lowest BCUT2D eigenvalue weighted by atomic mass is 10.1. The highest BCUT2D eigenvalue weighted by molar-refractivity contribution is 7.99. The summed E-state index contributed by atoms with van der Waals surface area (Å²) in [6.45, 7) is 1.99. The maximum Gasteiger partial charge on any atom is 0.282 e. The van der Waals surface area contributed by atoms with Gasteiger partial charge in [-0.15, -0.1) is 11.3 Å². The minimum Gasteiger partial charge on any atom is -0.353 e. The third-order valence-electron chi connectivity index (χ3n) is 5.14. The number of nitrogens with one attached hydrogen (secondary N) is 1. The van der Waals surface area contributed by atoms with Gasteiger partial charge in [0.05, 0.1) is 11.1 Å². The molecule has 2 heterocycles. The number of aryl methyl sites for hydroxylation is 1. The van der Waals surface area contributed by atoms with Crippen molar-refractivity contribution < 1.29 is 4.79 Å². The molecule has 0 radical (unpaired) electrons. The van der Waals surface area contributed by atoms with E-state index in [1.54, 1.807) is 0 Å². The molecule has 0 saturated carbocycles. The Hall–Kier alpha value is -3.10. The maximum absolute atomic E-state index is 12.9. The summed E-state index contributed by atoms with van der Waals surface area (Å²) in [6, 6.07) is 19.9. The summed E-state index contributed by atoms with van der Waals surface area (Å²) < 4.78 is 1.04. The Labute approximate surface area is 194 Å². The second-order valence-electron chi connectivity index (χ2n) is 7.55. The molecular formula is C24H24N4O2S2. The van der Waals surface area contributed by atoms with Gasteiger partial charge in [0.2, 0.25) is 5.91 Å². The summed E-state index contributed by atoms with van der Waals surface area (Å²) in [6.07, 6.45) is 1.75. The van der Waals surface area contributed by atoms with Crippen LogP contribution in [0.5, 0.6) is 0 Å². The Balaban J connectivity index is 1.40. The summed E-state index contributed by atoms with van der Waals surface area (Å²) in [5.41, 5.74) is 2.71. The van der Waals surface area contributed by atoms with Gasteiger partial charge >= 0.3 is 0 Å². The quantitative estimate of drug-likeness (QED) is 0.233. The van der Waals surface area contributed by atoms with Gasteiger partial charge in [-0.3, -0.25) is 9.59 Å². The van der Waals surface area contributed by atoms with Crippen molar-refractivity contribution in [2.75, 3.05) is 11.6 Å². The standard InChI is InChI=1S/C24H24N4O2S2/c1-16(12-13-17-8-4-2-5-9-17)26-20(29)15-32-24-27-22-21(23(30)28(24)25)19(14-31-22)18-10-6-3-7-11-18/h2-11,14,16H,12-13,15,25H2,1H3,(H,26,29). The topological polar surface area (TPSA) is 90.0 Å². The lowest BCUT2D eigenvalue weighted by molar-refractivity contribution is -0.119. The van der Waals surface area contributed by atoms with Crippen molar-refractivity contribution in [1.29, 1.82) is 0 Å². The van der Waals surface area contributed by atoms with E-state index in [1.165, 1.54) is 28.7 Å². The number of carbonyl (C=O) groups is 1. The van der Waals surface area contributed by atoms with E-state index >= 15 is 0 Å². The number of thiophene rings is 1. The highest BCUT2D eigenvalue weighted by atomic mass is 32.2. The number of nitrogens with two attached hydrogens (primary N) is 1. The molecule has 1 amide bonds. The summed E-state index contributed by atoms with van der Waals surface area (Å²) in [5, 5.41) is 5.76. The van der Waals surface area contributed by atoms with Crippen molar-refractivity contribution in [3.8, 4) is 11.1 Å². The predicted molar refractivity (Wildman–Crippen MR) is 133 cm³/mol. The van der Waals surface area contributed by atoms with Crippen LogP contribution in [-0.2, 0) is 11.2 Å². The number of amides is 1. The molecule has 1 atom stereocenters. The Bertz CT molecular complexity index is 1270. The zero-order valence-corrected chi connectivity index (χ0v) is 19.3. The molecule has 0 bridgehead atoms. The largest absolute Gasteiger partial charge is 0.353 e. The molecule has 0 saturated heterocycles. The smallest absolute Gasteiger partial charge is 0.282 e. The fourth-order valence-corrected chi connectivity index (χ4v) is 5.18. The number of carbonyl (C=O) groups excluding carboxylic acids is 1. The van der Waals surface area contributed by atoms with Gasteiger partial charge in [0.25, 0.3) is 5.56 Å². The van der Waals surface area contributed by atoms with E-state index in [4.69, 9.17) is 5.84 Å². The molecule has 4 aromatic rings. The number of nitrogens with zero attached hydrogens (tertiary/aromatic N) is 2. The number of hydrogen-bond acceptors (Lipinski definition) is 6. The highest BCUT2D eigenvalue weighted by Gasteiger charge is 2.17. The second-order valence-corrected chi connectivity index (χ2v) is 9.35. The number of aromatic nitrogens is 2. The molecule has 1 unspecified atom stereocenters. The van der Waals surface area contributed by atoms with E-state index in [1.807, 2.05) is 60.8 Å². The van der Waals surface area contributed by atoms with Crippen LogP contribution in [0, 0.1) is 0 Å². The van der Waals surface area contributed by atoms with Gasteiger partial charge in [-0.2, -0.15) is 0 Å². The molecule has 3 N–H and O–H groups in total. The number of benzene rings is 2. The molecule has 6 nitrogen and oxygen atoms in total. The van der Waals surface area contributed by atoms with Crippen molar-refractivity contribution in [3.05, 3.63) is 82.0 Å². The third kappa shape index (κ3) is 5.03. The van der Waals surface area contributed by atoms with Gasteiger partial charge in [0.1, 0.15) is 4.83 Å². The van der Waals surface area contributed by atoms with Crippen molar-refractivity contribution in [3.63, 3.8) is 0 Å². The van der Waals surface area contributed by atoms with Crippen LogP contribution >= 0.6 is 23.1 Å². The second kappa shape index (κ2) is 10.0. The Morgan fingerprint density at radius 3 is 2.56 bits per heavy atom. The molecule has 8 heteroatoms. The van der Waals surface area contributed by atoms with Gasteiger partial charge in [-0.05, 0) is 30.9 Å². The summed E-state index contributed by atoms with van der Waals surface area (Å²) in [5.74, 6) is 6.08. The Morgan fingerprint density at radius 1 is 1.16 bits per heavy atom. The molecule has 0 fully saturated rings. The average Bonchev–Trinajstić information content (AvgIpc) is 3.24. The summed E-state index contributed by atoms with van der Waals surface area (Å²) in [7, 11) is 0. The first-order chi connectivity index (χ1) is 15.5. The molecule has 164 valence electrons. The van der Waals surface area contributed by atoms with Gasteiger partial charge < -0.3 is 11.2 Å². The number of thioether (sulfide) groups is 1. The van der Waals surface area contributed by atoms with Crippen LogP contribution in [0.2, 0.25) is 0 Å². The zero-order chi connectivity index (χ0) is 22.5. The van der Waals surface area contributed by atoms with Crippen LogP contribution in [0.25, 0.3) is 21.3 Å². The SMILES string of the molecule is CC(CCc1ccccc1)NC(=O)CSc1nc2scc(-c3ccccc3)c2c(=O)n1N. The van der Waals surface area contributed by atoms with E-state index in [9.17, 15) is 9.59 Å². The molecule has 0 aliphatic carbocycles. The molecule has 4 rings (SSSR count). The first-order valence-electron chi connectivity index (χ1n) is 10.3. The lowest BCUT2D eigenvalue weighted by Crippen LogP contribution is -2.35. The van der Waals surface area contributed by atoms with Crippen LogP contribution in [0.4, 0.5) is 0 Å². The number of rotatable bonds is 8. The molecule has 0 aliphatic rings. The first kappa shape index (κ1) is 22.1. The van der Waals surface area contributed by atoms with Crippen molar-refractivity contribution in [2.45, 2.75) is 31.0 Å². The average molecular weight is 465 g/mol. The first-order valence-corrected chi connectivity index (χ1v) is 12.2. The van der Waals surface area contributed by atoms with Crippen LogP contribution in [-0.4, -0.2) is 27.4 Å². The normalized spacial score (nSPS) is 12.0. The van der Waals surface area contributed by atoms with E-state index in [-0.39, 0.29) is 23.3 Å². The fraction of sp³-hybridized carbons (Fsp3) is 0.208. The van der Waals surface area contributed by atoms with Crippen molar-refractivity contribution in [2.24, 2.45) is 0 Å². The molecular weight excluding hydrogens is 440 g/mol. The van der Waals surface area contributed by atoms with Gasteiger partial charge in [-0.1, -0.05) is 72.4 Å². The highest BCUT2D eigenvalue weighted by Crippen LogP contribution is 2.31. The molecule has 2 aromatic carbocycles. The van der Waals surface area contributed by atoms with Gasteiger partial charge in [0.15, 0.2) is 5.16 Å². The third-order valence-corrected chi connectivity index (χ3v) is 6.97. The van der Waals surface area contributed by atoms with E-state index in [0.717, 1.165) is 28.6 Å². The van der Waals surface area contributed by atoms with Crippen molar-refractivity contribution >= 4 is 39.2 Å². The van der Waals surface area contributed by atoms with Crippen LogP contribution in [0.15, 0.2) is 76.0 Å². The van der Waals surface area contributed by atoms with E-state index in [0.29, 0.717) is 15.4 Å². The minimum absolute atomic E-state index is 0.0459. The molecule has 32 heavy (non-hydrogen) atoms.